The zero-order valence-corrected chi connectivity index (χ0v) is 13.8. The van der Waals surface area contributed by atoms with Gasteiger partial charge in [0.15, 0.2) is 5.82 Å². The second kappa shape index (κ2) is 7.01. The molecule has 0 amide bonds. The van der Waals surface area contributed by atoms with E-state index in [2.05, 4.69) is 15.0 Å². The van der Waals surface area contributed by atoms with E-state index in [-0.39, 0.29) is 12.1 Å². The fourth-order valence-electron chi connectivity index (χ4n) is 3.92. The maximum Gasteiger partial charge on any atom is 0.165 e. The number of ether oxygens (including phenoxy) is 1. The molecule has 0 unspecified atom stereocenters. The van der Waals surface area contributed by atoms with E-state index in [4.69, 9.17) is 4.74 Å². The SMILES string of the molecule is O[C@@H]1CCC[C@@H]1[C@@H]1COCCN1Cc1ncn(-c2ccccc2)n1. The quantitative estimate of drug-likeness (QED) is 0.924. The minimum Gasteiger partial charge on any atom is -0.393 e. The van der Waals surface area contributed by atoms with Crippen molar-refractivity contribution in [1.29, 1.82) is 0 Å². The van der Waals surface area contributed by atoms with Crippen LogP contribution in [0.5, 0.6) is 0 Å². The number of aliphatic hydroxyl groups excluding tert-OH is 1. The van der Waals surface area contributed by atoms with E-state index in [1.165, 1.54) is 0 Å². The van der Waals surface area contributed by atoms with Crippen LogP contribution in [-0.2, 0) is 11.3 Å². The molecular weight excluding hydrogens is 304 g/mol. The molecule has 0 spiro atoms. The normalized spacial score (nSPS) is 28.3. The van der Waals surface area contributed by atoms with E-state index in [9.17, 15) is 5.11 Å². The van der Waals surface area contributed by atoms with Crippen LogP contribution >= 0.6 is 0 Å². The van der Waals surface area contributed by atoms with Gasteiger partial charge in [0, 0.05) is 18.5 Å². The molecule has 128 valence electrons. The van der Waals surface area contributed by atoms with Crippen LogP contribution in [0.25, 0.3) is 5.69 Å². The summed E-state index contributed by atoms with van der Waals surface area (Å²) in [5.41, 5.74) is 1.01. The first-order valence-electron chi connectivity index (χ1n) is 8.77. The average molecular weight is 328 g/mol. The van der Waals surface area contributed by atoms with E-state index in [0.717, 1.165) is 43.9 Å². The number of aliphatic hydroxyl groups is 1. The molecule has 6 heteroatoms. The first-order chi connectivity index (χ1) is 11.8. The van der Waals surface area contributed by atoms with Crippen molar-refractivity contribution in [3.05, 3.63) is 42.5 Å². The molecule has 0 radical (unpaired) electrons. The average Bonchev–Trinajstić information content (AvgIpc) is 3.25. The van der Waals surface area contributed by atoms with Gasteiger partial charge in [-0.25, -0.2) is 9.67 Å². The van der Waals surface area contributed by atoms with Gasteiger partial charge in [-0.1, -0.05) is 24.6 Å². The highest BCUT2D eigenvalue weighted by Crippen LogP contribution is 2.32. The zero-order chi connectivity index (χ0) is 16.4. The van der Waals surface area contributed by atoms with E-state index < -0.39 is 0 Å². The number of aromatic nitrogens is 3. The third kappa shape index (κ3) is 3.22. The van der Waals surface area contributed by atoms with Crippen molar-refractivity contribution < 1.29 is 9.84 Å². The summed E-state index contributed by atoms with van der Waals surface area (Å²) in [6, 6.07) is 10.3. The lowest BCUT2D eigenvalue weighted by Gasteiger charge is -2.39. The van der Waals surface area contributed by atoms with Crippen LogP contribution in [-0.4, -0.2) is 56.7 Å². The maximum absolute atomic E-state index is 10.3. The van der Waals surface area contributed by atoms with Gasteiger partial charge >= 0.3 is 0 Å². The standard InChI is InChI=1S/C18H24N4O2/c23-17-8-4-7-15(17)16-12-24-10-9-21(16)11-18-19-13-22(20-18)14-5-2-1-3-6-14/h1-3,5-6,13,15-17,23H,4,7-12H2/t15-,16+,17-/m1/s1. The Morgan fingerprint density at radius 2 is 2.08 bits per heavy atom. The number of rotatable bonds is 4. The minimum atomic E-state index is -0.200. The van der Waals surface area contributed by atoms with Gasteiger partial charge in [-0.05, 0) is 25.0 Å². The Bertz CT molecular complexity index is 660. The second-order valence-electron chi connectivity index (χ2n) is 6.72. The molecule has 24 heavy (non-hydrogen) atoms. The van der Waals surface area contributed by atoms with Gasteiger partial charge in [0.05, 0.1) is 31.5 Å². The molecule has 1 aliphatic carbocycles. The predicted octanol–water partition coefficient (Wildman–Crippen LogP) is 1.63. The molecule has 1 saturated heterocycles. The van der Waals surface area contributed by atoms with Gasteiger partial charge < -0.3 is 9.84 Å². The van der Waals surface area contributed by atoms with E-state index in [1.54, 1.807) is 6.33 Å². The lowest BCUT2D eigenvalue weighted by molar-refractivity contribution is -0.0545. The van der Waals surface area contributed by atoms with Gasteiger partial charge in [0.1, 0.15) is 6.33 Å². The molecule has 1 aromatic heterocycles. The van der Waals surface area contributed by atoms with Gasteiger partial charge in [-0.3, -0.25) is 4.90 Å². The second-order valence-corrected chi connectivity index (χ2v) is 6.72. The Hall–Kier alpha value is -1.76. The number of para-hydroxylation sites is 1. The van der Waals surface area contributed by atoms with E-state index >= 15 is 0 Å². The van der Waals surface area contributed by atoms with Crippen molar-refractivity contribution in [2.75, 3.05) is 19.8 Å². The van der Waals surface area contributed by atoms with Crippen LogP contribution in [0.2, 0.25) is 0 Å². The highest BCUT2D eigenvalue weighted by molar-refractivity contribution is 5.29. The molecule has 0 bridgehead atoms. The van der Waals surface area contributed by atoms with Gasteiger partial charge in [0.25, 0.3) is 0 Å². The molecule has 1 saturated carbocycles. The van der Waals surface area contributed by atoms with Gasteiger partial charge in [0.2, 0.25) is 0 Å². The summed E-state index contributed by atoms with van der Waals surface area (Å²) < 4.78 is 7.50. The fourth-order valence-corrected chi connectivity index (χ4v) is 3.92. The van der Waals surface area contributed by atoms with Crippen LogP contribution in [0.3, 0.4) is 0 Å². The molecule has 2 fully saturated rings. The van der Waals surface area contributed by atoms with Crippen molar-refractivity contribution >= 4 is 0 Å². The zero-order valence-electron chi connectivity index (χ0n) is 13.8. The van der Waals surface area contributed by atoms with Crippen molar-refractivity contribution in [2.24, 2.45) is 5.92 Å². The molecule has 4 rings (SSSR count). The van der Waals surface area contributed by atoms with Crippen molar-refractivity contribution in [2.45, 2.75) is 38.0 Å². The van der Waals surface area contributed by atoms with Crippen LogP contribution in [0.1, 0.15) is 25.1 Å². The topological polar surface area (TPSA) is 63.4 Å². The monoisotopic (exact) mass is 328 g/mol. The third-order valence-corrected chi connectivity index (χ3v) is 5.21. The summed E-state index contributed by atoms with van der Waals surface area (Å²) in [6.45, 7) is 3.00. The molecule has 2 heterocycles. The molecule has 1 aromatic carbocycles. The number of hydrogen-bond acceptors (Lipinski definition) is 5. The number of nitrogens with zero attached hydrogens (tertiary/aromatic N) is 4. The number of morpholine rings is 1. The lowest BCUT2D eigenvalue weighted by atomic mass is 9.94. The van der Waals surface area contributed by atoms with Crippen molar-refractivity contribution in [3.63, 3.8) is 0 Å². The van der Waals surface area contributed by atoms with Crippen molar-refractivity contribution in [1.82, 2.24) is 19.7 Å². The summed E-state index contributed by atoms with van der Waals surface area (Å²) in [6.07, 6.45) is 4.67. The van der Waals surface area contributed by atoms with Crippen LogP contribution < -0.4 is 0 Å². The summed E-state index contributed by atoms with van der Waals surface area (Å²) in [5.74, 6) is 1.12. The largest absolute Gasteiger partial charge is 0.393 e. The Balaban J connectivity index is 1.48. The highest BCUT2D eigenvalue weighted by Gasteiger charge is 2.37. The smallest absolute Gasteiger partial charge is 0.165 e. The Morgan fingerprint density at radius 3 is 2.88 bits per heavy atom. The molecule has 2 aromatic rings. The molecular formula is C18H24N4O2. The first kappa shape index (κ1) is 15.7. The van der Waals surface area contributed by atoms with Crippen LogP contribution in [0, 0.1) is 5.92 Å². The number of benzene rings is 1. The van der Waals surface area contributed by atoms with E-state index in [1.807, 2.05) is 35.0 Å². The van der Waals surface area contributed by atoms with Crippen molar-refractivity contribution in [3.8, 4) is 5.69 Å². The molecule has 1 N–H and O–H groups in total. The Morgan fingerprint density at radius 1 is 1.21 bits per heavy atom. The van der Waals surface area contributed by atoms with E-state index in [0.29, 0.717) is 19.1 Å². The summed E-state index contributed by atoms with van der Waals surface area (Å²) in [5, 5.41) is 14.9. The molecule has 3 atom stereocenters. The molecule has 2 aliphatic rings. The first-order valence-corrected chi connectivity index (χ1v) is 8.77. The van der Waals surface area contributed by atoms with Crippen LogP contribution in [0.15, 0.2) is 36.7 Å². The summed E-state index contributed by atoms with van der Waals surface area (Å²) >= 11 is 0. The highest BCUT2D eigenvalue weighted by atomic mass is 16.5. The lowest BCUT2D eigenvalue weighted by Crippen LogP contribution is -2.50. The molecule has 6 nitrogen and oxygen atoms in total. The van der Waals surface area contributed by atoms with Gasteiger partial charge in [-0.2, -0.15) is 0 Å². The third-order valence-electron chi connectivity index (χ3n) is 5.21. The summed E-state index contributed by atoms with van der Waals surface area (Å²) in [7, 11) is 0. The minimum absolute atomic E-state index is 0.200. The fraction of sp³-hybridized carbons (Fsp3) is 0.556. The summed E-state index contributed by atoms with van der Waals surface area (Å²) in [4.78, 5) is 6.86. The Labute approximate surface area is 142 Å². The Kier molecular flexibility index (Phi) is 4.60. The van der Waals surface area contributed by atoms with Crippen LogP contribution in [0.4, 0.5) is 0 Å². The number of hydrogen-bond donors (Lipinski definition) is 1. The van der Waals surface area contributed by atoms with Gasteiger partial charge in [-0.15, -0.1) is 5.10 Å². The maximum atomic E-state index is 10.3. The predicted molar refractivity (Wildman–Crippen MR) is 89.7 cm³/mol. The molecule has 1 aliphatic heterocycles.